The molecule has 0 saturated heterocycles. The highest BCUT2D eigenvalue weighted by Crippen LogP contribution is 2.47. The minimum Gasteiger partial charge on any atom is -0.462 e. The topological polar surface area (TPSA) is 210 Å². The zero-order chi connectivity index (χ0) is 44.3. The van der Waals surface area contributed by atoms with Crippen molar-refractivity contribution >= 4 is 19.8 Å². The summed E-state index contributed by atoms with van der Waals surface area (Å²) in [5, 5.41) is 50.1. The van der Waals surface area contributed by atoms with Gasteiger partial charge in [0.2, 0.25) is 0 Å². The molecule has 0 aromatic rings. The molecule has 0 aliphatic heterocycles. The first kappa shape index (κ1) is 56.1. The summed E-state index contributed by atoms with van der Waals surface area (Å²) in [6, 6.07) is 0. The molecule has 0 radical (unpaired) electrons. The molecule has 1 aliphatic rings. The van der Waals surface area contributed by atoms with Gasteiger partial charge in [-0.2, -0.15) is 0 Å². The predicted molar refractivity (Wildman–Crippen MR) is 235 cm³/mol. The average Bonchev–Trinajstić information content (AvgIpc) is 3.23. The number of carbonyl (C=O) groups is 2. The van der Waals surface area contributed by atoms with Crippen LogP contribution < -0.4 is 0 Å². The van der Waals surface area contributed by atoms with E-state index in [-0.39, 0.29) is 12.8 Å². The molecule has 60 heavy (non-hydrogen) atoms. The normalized spacial score (nSPS) is 22.5. The Labute approximate surface area is 361 Å². The summed E-state index contributed by atoms with van der Waals surface area (Å²) in [6.07, 6.45) is 27.6. The Balaban J connectivity index is 2.47. The summed E-state index contributed by atoms with van der Waals surface area (Å²) in [4.78, 5) is 35.7. The van der Waals surface area contributed by atoms with Crippen LogP contribution in [0.15, 0.2) is 36.5 Å². The van der Waals surface area contributed by atoms with Crippen LogP contribution in [0.4, 0.5) is 0 Å². The van der Waals surface area contributed by atoms with Crippen LogP contribution in [0, 0.1) is 0 Å². The summed E-state index contributed by atoms with van der Waals surface area (Å²) < 4.78 is 33.5. The Morgan fingerprint density at radius 3 is 1.40 bits per heavy atom. The van der Waals surface area contributed by atoms with Crippen LogP contribution in [0.25, 0.3) is 0 Å². The summed E-state index contributed by atoms with van der Waals surface area (Å²) in [5.74, 6) is -1.12. The van der Waals surface area contributed by atoms with Crippen molar-refractivity contribution in [1.82, 2.24) is 0 Å². The molecule has 6 N–H and O–H groups in total. The van der Waals surface area contributed by atoms with Crippen LogP contribution in [-0.4, -0.2) is 98.3 Å². The van der Waals surface area contributed by atoms with Crippen molar-refractivity contribution in [3.63, 3.8) is 0 Å². The number of ether oxygens (including phenoxy) is 2. The first-order chi connectivity index (χ1) is 28.9. The van der Waals surface area contributed by atoms with Crippen LogP contribution in [0.5, 0.6) is 0 Å². The quantitative estimate of drug-likeness (QED) is 0.0148. The second-order valence-corrected chi connectivity index (χ2v) is 17.7. The van der Waals surface area contributed by atoms with Crippen molar-refractivity contribution in [3.8, 4) is 0 Å². The van der Waals surface area contributed by atoms with Gasteiger partial charge in [0.1, 0.15) is 43.2 Å². The zero-order valence-corrected chi connectivity index (χ0v) is 37.9. The lowest BCUT2D eigenvalue weighted by molar-refractivity contribution is -0.220. The number of phosphoric acid groups is 1. The molecule has 1 saturated carbocycles. The third-order valence-corrected chi connectivity index (χ3v) is 11.7. The summed E-state index contributed by atoms with van der Waals surface area (Å²) >= 11 is 0. The van der Waals surface area contributed by atoms with E-state index in [2.05, 4.69) is 50.3 Å². The van der Waals surface area contributed by atoms with Crippen molar-refractivity contribution in [2.45, 2.75) is 230 Å². The van der Waals surface area contributed by atoms with Gasteiger partial charge in [-0.1, -0.05) is 159 Å². The van der Waals surface area contributed by atoms with Gasteiger partial charge in [-0.25, -0.2) is 4.57 Å². The van der Waals surface area contributed by atoms with Gasteiger partial charge < -0.3 is 39.9 Å². The lowest BCUT2D eigenvalue weighted by Crippen LogP contribution is -2.64. The second kappa shape index (κ2) is 36.5. The Bertz CT molecular complexity index is 1190. The first-order valence-electron chi connectivity index (χ1n) is 23.3. The lowest BCUT2D eigenvalue weighted by atomic mass is 9.85. The number of rotatable bonds is 38. The fourth-order valence-electron chi connectivity index (χ4n) is 6.94. The molecule has 0 amide bonds. The van der Waals surface area contributed by atoms with Crippen molar-refractivity contribution in [2.24, 2.45) is 0 Å². The van der Waals surface area contributed by atoms with Gasteiger partial charge in [0, 0.05) is 12.8 Å². The monoisotopic (exact) mass is 875 g/mol. The molecular weight excluding hydrogens is 791 g/mol. The van der Waals surface area contributed by atoms with E-state index in [1.165, 1.54) is 77.0 Å². The van der Waals surface area contributed by atoms with E-state index in [4.69, 9.17) is 18.5 Å². The van der Waals surface area contributed by atoms with Crippen molar-refractivity contribution in [2.75, 3.05) is 13.2 Å². The zero-order valence-electron chi connectivity index (χ0n) is 37.0. The van der Waals surface area contributed by atoms with E-state index in [0.717, 1.165) is 70.6 Å². The molecule has 1 aliphatic carbocycles. The van der Waals surface area contributed by atoms with Gasteiger partial charge in [0.15, 0.2) is 6.10 Å². The number of allylic oxidation sites excluding steroid dienone is 6. The van der Waals surface area contributed by atoms with E-state index in [1.54, 1.807) is 0 Å². The van der Waals surface area contributed by atoms with Crippen LogP contribution in [-0.2, 0) is 32.7 Å². The lowest BCUT2D eigenvalue weighted by Gasteiger charge is -2.41. The highest BCUT2D eigenvalue weighted by atomic mass is 31.2. The van der Waals surface area contributed by atoms with E-state index < -0.39 is 75.7 Å². The predicted octanol–water partition coefficient (Wildman–Crippen LogP) is 9.00. The fourth-order valence-corrected chi connectivity index (χ4v) is 7.91. The van der Waals surface area contributed by atoms with Crippen LogP contribution in [0.1, 0.15) is 187 Å². The largest absolute Gasteiger partial charge is 0.472 e. The third kappa shape index (κ3) is 28.6. The van der Waals surface area contributed by atoms with Gasteiger partial charge in [0.25, 0.3) is 0 Å². The molecule has 1 rings (SSSR count). The number of esters is 2. The molecule has 13 nitrogen and oxygen atoms in total. The molecule has 8 atom stereocenters. The van der Waals surface area contributed by atoms with Gasteiger partial charge >= 0.3 is 19.8 Å². The number of unbranched alkanes of at least 4 members (excludes halogenated alkanes) is 20. The summed E-state index contributed by atoms with van der Waals surface area (Å²) in [5.41, 5.74) is 0. The minimum atomic E-state index is -5.12. The number of aliphatic hydroxyl groups is 5. The minimum absolute atomic E-state index is 0.0943. The molecule has 0 aromatic carbocycles. The van der Waals surface area contributed by atoms with E-state index in [0.29, 0.717) is 12.8 Å². The molecule has 350 valence electrons. The number of carbonyl (C=O) groups excluding carboxylic acids is 2. The Kier molecular flexibility index (Phi) is 34.2. The van der Waals surface area contributed by atoms with Gasteiger partial charge in [-0.15, -0.1) is 0 Å². The number of hydrogen-bond acceptors (Lipinski definition) is 12. The Morgan fingerprint density at radius 1 is 0.517 bits per heavy atom. The Morgan fingerprint density at radius 2 is 0.900 bits per heavy atom. The van der Waals surface area contributed by atoms with Crippen LogP contribution >= 0.6 is 7.82 Å². The van der Waals surface area contributed by atoms with Crippen LogP contribution in [0.3, 0.4) is 0 Å². The number of hydrogen-bond donors (Lipinski definition) is 6. The molecule has 0 aromatic heterocycles. The number of phosphoric ester groups is 1. The van der Waals surface area contributed by atoms with Crippen molar-refractivity contribution < 1.29 is 63.1 Å². The smallest absolute Gasteiger partial charge is 0.462 e. The summed E-state index contributed by atoms with van der Waals surface area (Å²) in [7, 11) is -5.12. The highest BCUT2D eigenvalue weighted by molar-refractivity contribution is 7.47. The maximum Gasteiger partial charge on any atom is 0.472 e. The van der Waals surface area contributed by atoms with Crippen molar-refractivity contribution in [1.29, 1.82) is 0 Å². The van der Waals surface area contributed by atoms with E-state index in [1.807, 2.05) is 0 Å². The molecule has 0 bridgehead atoms. The molecule has 0 heterocycles. The molecule has 14 heteroatoms. The molecule has 1 fully saturated rings. The standard InChI is InChI=1S/C46H83O13P/c1-3-5-7-9-11-13-15-17-19-20-21-23-24-26-28-30-32-34-39(47)56-36-38(37-57-60(54,55)59-46-44(52)42(50)41(49)43(51)45(46)53)58-40(48)35-33-31-29-27-25-22-18-16-14-12-10-8-6-4-2/h11,13,17,19,21,23,38,41-46,49-53H,3-10,12,14-16,18,20,22,24-37H2,1-2H3,(H,54,55)/b13-11-,19-17-,23-21-/t38-,41?,42-,43?,44?,45?,46?/m1/s1. The SMILES string of the molecule is CCCCC/C=C\C/C=C\C/C=C\CCCCCCC(=O)OC[C@H](COP(=O)(O)OC1C(O)C(O)C(O)[C@@H](O)C1O)OC(=O)CCCCCCCCCCCCCCCC. The van der Waals surface area contributed by atoms with Crippen LogP contribution in [0.2, 0.25) is 0 Å². The van der Waals surface area contributed by atoms with Gasteiger partial charge in [-0.3, -0.25) is 18.6 Å². The average molecular weight is 875 g/mol. The Hall–Kier alpha value is -1.93. The fraction of sp³-hybridized carbons (Fsp3) is 0.826. The van der Waals surface area contributed by atoms with E-state index >= 15 is 0 Å². The molecular formula is C46H83O13P. The summed E-state index contributed by atoms with van der Waals surface area (Å²) in [6.45, 7) is 3.25. The van der Waals surface area contributed by atoms with Gasteiger partial charge in [0.05, 0.1) is 6.61 Å². The highest BCUT2D eigenvalue weighted by Gasteiger charge is 2.51. The molecule has 0 spiro atoms. The third-order valence-electron chi connectivity index (χ3n) is 10.7. The molecule has 6 unspecified atom stereocenters. The van der Waals surface area contributed by atoms with Gasteiger partial charge in [-0.05, 0) is 51.4 Å². The second-order valence-electron chi connectivity index (χ2n) is 16.3. The van der Waals surface area contributed by atoms with Crippen molar-refractivity contribution in [3.05, 3.63) is 36.5 Å². The maximum absolute atomic E-state index is 12.8. The number of aliphatic hydroxyl groups excluding tert-OH is 5. The van der Waals surface area contributed by atoms with E-state index in [9.17, 15) is 44.6 Å². The maximum atomic E-state index is 12.8. The first-order valence-corrected chi connectivity index (χ1v) is 24.8.